The van der Waals surface area contributed by atoms with Crippen molar-refractivity contribution in [3.8, 4) is 0 Å². The lowest BCUT2D eigenvalue weighted by atomic mass is 10.2. The summed E-state index contributed by atoms with van der Waals surface area (Å²) in [5.74, 6) is -1.70. The number of carboxylic acid groups (broad SMARTS) is 1. The van der Waals surface area contributed by atoms with Crippen LogP contribution in [0, 0.1) is 0 Å². The lowest BCUT2D eigenvalue weighted by molar-refractivity contribution is -0.146. The molecule has 1 unspecified atom stereocenters. The van der Waals surface area contributed by atoms with E-state index < -0.39 is 45.3 Å². The van der Waals surface area contributed by atoms with Crippen molar-refractivity contribution in [2.45, 2.75) is 17.2 Å². The minimum atomic E-state index is -4.88. The zero-order chi connectivity index (χ0) is 15.6. The Labute approximate surface area is 111 Å². The summed E-state index contributed by atoms with van der Waals surface area (Å²) in [5, 5.41) is 17.3. The van der Waals surface area contributed by atoms with E-state index in [-0.39, 0.29) is 0 Å². The summed E-state index contributed by atoms with van der Waals surface area (Å²) in [4.78, 5) is 9.28. The molecule has 0 amide bonds. The average Bonchev–Trinajstić information content (AvgIpc) is 2.35. The summed E-state index contributed by atoms with van der Waals surface area (Å²) in [7, 11) is -4.60. The van der Waals surface area contributed by atoms with Gasteiger partial charge in [0.1, 0.15) is 0 Å². The highest BCUT2D eigenvalue weighted by Gasteiger charge is 2.37. The standard InChI is InChI=1S/C10H10F3NO5S/c11-10(12,13)6-3-1-2-4-8(6)20(18,19)14-5-7(15)9(16)17/h1-4,7,14-15H,5H2,(H,16,17). The number of rotatable bonds is 5. The predicted molar refractivity (Wildman–Crippen MR) is 60.3 cm³/mol. The highest BCUT2D eigenvalue weighted by molar-refractivity contribution is 7.89. The van der Waals surface area contributed by atoms with Gasteiger partial charge in [0, 0.05) is 6.54 Å². The summed E-state index contributed by atoms with van der Waals surface area (Å²) in [5.41, 5.74) is -1.38. The molecular weight excluding hydrogens is 303 g/mol. The Morgan fingerprint density at radius 2 is 1.85 bits per heavy atom. The first-order valence-corrected chi connectivity index (χ1v) is 6.61. The van der Waals surface area contributed by atoms with Crippen molar-refractivity contribution in [3.05, 3.63) is 29.8 Å². The van der Waals surface area contributed by atoms with Crippen LogP contribution in [0.15, 0.2) is 29.2 Å². The second kappa shape index (κ2) is 5.77. The van der Waals surface area contributed by atoms with E-state index in [4.69, 9.17) is 10.2 Å². The number of carbonyl (C=O) groups is 1. The quantitative estimate of drug-likeness (QED) is 0.731. The van der Waals surface area contributed by atoms with E-state index in [0.29, 0.717) is 6.07 Å². The zero-order valence-electron chi connectivity index (χ0n) is 9.76. The molecule has 0 bridgehead atoms. The first-order valence-electron chi connectivity index (χ1n) is 5.12. The molecule has 0 radical (unpaired) electrons. The predicted octanol–water partition coefficient (Wildman–Crippen LogP) is 0.429. The summed E-state index contributed by atoms with van der Waals surface area (Å²) < 4.78 is 63.0. The van der Waals surface area contributed by atoms with Crippen LogP contribution >= 0.6 is 0 Å². The number of alkyl halides is 3. The average molecular weight is 313 g/mol. The fourth-order valence-electron chi connectivity index (χ4n) is 1.29. The number of hydrogen-bond acceptors (Lipinski definition) is 4. The largest absolute Gasteiger partial charge is 0.479 e. The molecule has 20 heavy (non-hydrogen) atoms. The third kappa shape index (κ3) is 3.92. The molecular formula is C10H10F3NO5S. The fraction of sp³-hybridized carbons (Fsp3) is 0.300. The van der Waals surface area contributed by atoms with Crippen molar-refractivity contribution in [2.24, 2.45) is 0 Å². The maximum atomic E-state index is 12.7. The maximum Gasteiger partial charge on any atom is 0.417 e. The molecule has 0 fully saturated rings. The Hall–Kier alpha value is -1.65. The van der Waals surface area contributed by atoms with Crippen LogP contribution in [0.5, 0.6) is 0 Å². The summed E-state index contributed by atoms with van der Waals surface area (Å²) >= 11 is 0. The molecule has 10 heteroatoms. The number of aliphatic hydroxyl groups excluding tert-OH is 1. The third-order valence-corrected chi connectivity index (χ3v) is 3.72. The molecule has 0 saturated carbocycles. The normalized spacial score (nSPS) is 14.0. The molecule has 1 atom stereocenters. The van der Waals surface area contributed by atoms with Gasteiger partial charge in [-0.15, -0.1) is 0 Å². The number of nitrogens with one attached hydrogen (secondary N) is 1. The van der Waals surface area contributed by atoms with Crippen molar-refractivity contribution in [2.75, 3.05) is 6.54 Å². The van der Waals surface area contributed by atoms with E-state index in [1.54, 1.807) is 4.72 Å². The maximum absolute atomic E-state index is 12.7. The van der Waals surface area contributed by atoms with Crippen LogP contribution in [0.2, 0.25) is 0 Å². The van der Waals surface area contributed by atoms with E-state index in [1.807, 2.05) is 0 Å². The van der Waals surface area contributed by atoms with Gasteiger partial charge in [-0.05, 0) is 12.1 Å². The van der Waals surface area contributed by atoms with Gasteiger partial charge >= 0.3 is 12.1 Å². The molecule has 0 aliphatic rings. The van der Waals surface area contributed by atoms with Crippen LogP contribution in [-0.4, -0.2) is 37.2 Å². The van der Waals surface area contributed by atoms with Gasteiger partial charge in [0.25, 0.3) is 0 Å². The molecule has 0 spiro atoms. The van der Waals surface area contributed by atoms with Crippen molar-refractivity contribution >= 4 is 16.0 Å². The number of hydrogen-bond donors (Lipinski definition) is 3. The van der Waals surface area contributed by atoms with Crippen LogP contribution < -0.4 is 4.72 Å². The molecule has 112 valence electrons. The number of aliphatic hydroxyl groups is 1. The molecule has 6 nitrogen and oxygen atoms in total. The molecule has 1 aromatic rings. The van der Waals surface area contributed by atoms with Gasteiger partial charge < -0.3 is 10.2 Å². The van der Waals surface area contributed by atoms with Crippen LogP contribution in [0.3, 0.4) is 0 Å². The first-order chi connectivity index (χ1) is 9.05. The molecule has 0 saturated heterocycles. The second-order valence-corrected chi connectivity index (χ2v) is 5.44. The van der Waals surface area contributed by atoms with Gasteiger partial charge in [0.15, 0.2) is 6.10 Å². The third-order valence-electron chi connectivity index (χ3n) is 2.23. The Bertz CT molecular complexity index is 599. The SMILES string of the molecule is O=C(O)C(O)CNS(=O)(=O)c1ccccc1C(F)(F)F. The highest BCUT2D eigenvalue weighted by Crippen LogP contribution is 2.33. The molecule has 0 heterocycles. The second-order valence-electron chi connectivity index (χ2n) is 3.70. The zero-order valence-corrected chi connectivity index (χ0v) is 10.6. The molecule has 0 aliphatic carbocycles. The van der Waals surface area contributed by atoms with Gasteiger partial charge in [-0.1, -0.05) is 12.1 Å². The van der Waals surface area contributed by atoms with E-state index in [2.05, 4.69) is 0 Å². The van der Waals surface area contributed by atoms with Crippen LogP contribution in [-0.2, 0) is 21.0 Å². The molecule has 0 aliphatic heterocycles. The van der Waals surface area contributed by atoms with Crippen LogP contribution in [0.4, 0.5) is 13.2 Å². The van der Waals surface area contributed by atoms with Gasteiger partial charge in [0.05, 0.1) is 10.5 Å². The molecule has 1 rings (SSSR count). The lowest BCUT2D eigenvalue weighted by Crippen LogP contribution is -2.37. The Morgan fingerprint density at radius 3 is 2.35 bits per heavy atom. The Balaban J connectivity index is 3.08. The minimum absolute atomic E-state index is 0.586. The number of aliphatic carboxylic acids is 1. The number of halogens is 3. The van der Waals surface area contributed by atoms with E-state index in [9.17, 15) is 26.4 Å². The lowest BCUT2D eigenvalue weighted by Gasteiger charge is -2.14. The van der Waals surface area contributed by atoms with Gasteiger partial charge in [-0.2, -0.15) is 13.2 Å². The first kappa shape index (κ1) is 16.4. The van der Waals surface area contributed by atoms with Crippen molar-refractivity contribution in [1.82, 2.24) is 4.72 Å². The summed E-state index contributed by atoms with van der Waals surface area (Å²) in [6.07, 6.45) is -6.93. The molecule has 1 aromatic carbocycles. The molecule has 3 N–H and O–H groups in total. The minimum Gasteiger partial charge on any atom is -0.479 e. The highest BCUT2D eigenvalue weighted by atomic mass is 32.2. The number of sulfonamides is 1. The van der Waals surface area contributed by atoms with E-state index in [0.717, 1.165) is 18.2 Å². The number of carboxylic acids is 1. The Kier molecular flexibility index (Phi) is 4.73. The van der Waals surface area contributed by atoms with Crippen molar-refractivity contribution in [1.29, 1.82) is 0 Å². The summed E-state index contributed by atoms with van der Waals surface area (Å²) in [6.45, 7) is -0.941. The summed E-state index contributed by atoms with van der Waals surface area (Å²) in [6, 6.07) is 3.44. The van der Waals surface area contributed by atoms with Crippen molar-refractivity contribution in [3.63, 3.8) is 0 Å². The van der Waals surface area contributed by atoms with Crippen molar-refractivity contribution < 1.29 is 36.6 Å². The smallest absolute Gasteiger partial charge is 0.417 e. The van der Waals surface area contributed by atoms with Gasteiger partial charge in [0.2, 0.25) is 10.0 Å². The van der Waals surface area contributed by atoms with Gasteiger partial charge in [-0.3, -0.25) is 0 Å². The fourth-order valence-corrected chi connectivity index (χ4v) is 2.55. The van der Waals surface area contributed by atoms with E-state index in [1.165, 1.54) is 0 Å². The Morgan fingerprint density at radius 1 is 1.30 bits per heavy atom. The van der Waals surface area contributed by atoms with Crippen LogP contribution in [0.1, 0.15) is 5.56 Å². The van der Waals surface area contributed by atoms with E-state index >= 15 is 0 Å². The monoisotopic (exact) mass is 313 g/mol. The van der Waals surface area contributed by atoms with Crippen LogP contribution in [0.25, 0.3) is 0 Å². The van der Waals surface area contributed by atoms with Gasteiger partial charge in [-0.25, -0.2) is 17.9 Å². The number of benzene rings is 1. The molecule has 0 aromatic heterocycles. The topological polar surface area (TPSA) is 104 Å².